The van der Waals surface area contributed by atoms with Gasteiger partial charge in [0.15, 0.2) is 0 Å². The van der Waals surface area contributed by atoms with Crippen molar-refractivity contribution in [3.05, 3.63) is 23.8 Å². The van der Waals surface area contributed by atoms with Crippen molar-refractivity contribution in [2.24, 2.45) is 5.92 Å². The molecule has 8 heteroatoms. The number of morpholine rings is 1. The third-order valence-corrected chi connectivity index (χ3v) is 6.32. The summed E-state index contributed by atoms with van der Waals surface area (Å²) in [5.74, 6) is 1.73. The molecule has 2 fully saturated rings. The fourth-order valence-electron chi connectivity index (χ4n) is 4.68. The van der Waals surface area contributed by atoms with Crippen LogP contribution in [0.3, 0.4) is 0 Å². The van der Waals surface area contributed by atoms with E-state index in [1.165, 1.54) is 0 Å². The molecule has 0 radical (unpaired) electrons. The smallest absolute Gasteiger partial charge is 0.236 e. The number of methoxy groups -OCH3 is 1. The average molecular weight is 432 g/mol. The molecular weight excluding hydrogens is 398 g/mol. The van der Waals surface area contributed by atoms with Gasteiger partial charge in [0.1, 0.15) is 17.6 Å². The number of fused-ring (bicyclic) bond motifs is 1. The first kappa shape index (κ1) is 21.9. The number of ether oxygens (including phenoxy) is 3. The van der Waals surface area contributed by atoms with Crippen molar-refractivity contribution < 1.29 is 23.8 Å². The quantitative estimate of drug-likeness (QED) is 0.717. The normalized spacial score (nSPS) is 24.7. The van der Waals surface area contributed by atoms with Crippen molar-refractivity contribution in [2.45, 2.75) is 32.4 Å². The highest BCUT2D eigenvalue weighted by Crippen LogP contribution is 2.29. The maximum absolute atomic E-state index is 13.1. The van der Waals surface area contributed by atoms with E-state index in [2.05, 4.69) is 4.90 Å². The van der Waals surface area contributed by atoms with Crippen LogP contribution in [0, 0.1) is 5.92 Å². The van der Waals surface area contributed by atoms with Crippen LogP contribution in [0.4, 0.5) is 0 Å². The number of amides is 2. The van der Waals surface area contributed by atoms with E-state index in [0.29, 0.717) is 52.5 Å². The summed E-state index contributed by atoms with van der Waals surface area (Å²) in [5.41, 5.74) is 1.05. The van der Waals surface area contributed by atoms with Crippen molar-refractivity contribution in [1.82, 2.24) is 14.7 Å². The second-order valence-corrected chi connectivity index (χ2v) is 8.69. The first-order valence-electron chi connectivity index (χ1n) is 11.2. The fraction of sp³-hybridized carbons (Fsp3) is 0.652. The van der Waals surface area contributed by atoms with Gasteiger partial charge in [0.25, 0.3) is 0 Å². The monoisotopic (exact) mass is 431 g/mol. The lowest BCUT2D eigenvalue weighted by Crippen LogP contribution is -2.51. The Bertz CT molecular complexity index is 795. The van der Waals surface area contributed by atoms with E-state index in [-0.39, 0.29) is 23.8 Å². The third-order valence-electron chi connectivity index (χ3n) is 6.32. The van der Waals surface area contributed by atoms with Gasteiger partial charge in [0, 0.05) is 50.9 Å². The van der Waals surface area contributed by atoms with Crippen molar-refractivity contribution in [1.29, 1.82) is 0 Å². The van der Waals surface area contributed by atoms with Gasteiger partial charge in [0.05, 0.1) is 32.8 Å². The van der Waals surface area contributed by atoms with Crippen LogP contribution in [0.1, 0.15) is 25.3 Å². The van der Waals surface area contributed by atoms with Crippen molar-refractivity contribution >= 4 is 11.8 Å². The molecule has 0 spiro atoms. The van der Waals surface area contributed by atoms with Gasteiger partial charge >= 0.3 is 0 Å². The molecule has 0 N–H and O–H groups in total. The second kappa shape index (κ2) is 9.87. The van der Waals surface area contributed by atoms with Crippen LogP contribution in [0.25, 0.3) is 0 Å². The molecule has 31 heavy (non-hydrogen) atoms. The van der Waals surface area contributed by atoms with Crippen LogP contribution in [-0.4, -0.2) is 92.2 Å². The summed E-state index contributed by atoms with van der Waals surface area (Å²) in [4.78, 5) is 31.9. The van der Waals surface area contributed by atoms with Gasteiger partial charge in [-0.05, 0) is 25.8 Å². The first-order chi connectivity index (χ1) is 15.0. The zero-order chi connectivity index (χ0) is 21.8. The number of carbonyl (C=O) groups excluding carboxylic acids is 2. The molecule has 3 aliphatic heterocycles. The van der Waals surface area contributed by atoms with Crippen LogP contribution in [0.5, 0.6) is 11.5 Å². The minimum Gasteiger partial charge on any atom is -0.497 e. The lowest BCUT2D eigenvalue weighted by molar-refractivity contribution is -0.144. The van der Waals surface area contributed by atoms with Crippen LogP contribution >= 0.6 is 0 Å². The number of hydrogen-bond donors (Lipinski definition) is 0. The van der Waals surface area contributed by atoms with Crippen LogP contribution in [0.2, 0.25) is 0 Å². The summed E-state index contributed by atoms with van der Waals surface area (Å²) < 4.78 is 16.7. The maximum atomic E-state index is 13.1. The highest BCUT2D eigenvalue weighted by atomic mass is 16.5. The molecule has 0 unspecified atom stereocenters. The number of carbonyl (C=O) groups is 2. The molecule has 0 aliphatic carbocycles. The Morgan fingerprint density at radius 2 is 1.94 bits per heavy atom. The Morgan fingerprint density at radius 1 is 1.13 bits per heavy atom. The number of benzene rings is 1. The van der Waals surface area contributed by atoms with E-state index >= 15 is 0 Å². The van der Waals surface area contributed by atoms with Crippen LogP contribution in [0.15, 0.2) is 18.2 Å². The Balaban J connectivity index is 1.37. The Morgan fingerprint density at radius 3 is 2.71 bits per heavy atom. The summed E-state index contributed by atoms with van der Waals surface area (Å²) in [6.07, 6.45) is 1.69. The fourth-order valence-corrected chi connectivity index (χ4v) is 4.68. The van der Waals surface area contributed by atoms with Gasteiger partial charge in [0.2, 0.25) is 11.8 Å². The Labute approximate surface area is 184 Å². The Hall–Kier alpha value is -2.32. The SMILES string of the molecule is COc1ccc2c(c1)O[C@H](C)CN(CC(=O)N1CCC[C@@H](C(=O)N3CCOCC3)C1)C2. The lowest BCUT2D eigenvalue weighted by atomic mass is 9.96. The van der Waals surface area contributed by atoms with Crippen molar-refractivity contribution in [3.63, 3.8) is 0 Å². The van der Waals surface area contributed by atoms with Gasteiger partial charge in [-0.2, -0.15) is 0 Å². The molecule has 0 bridgehead atoms. The van der Waals surface area contributed by atoms with Crippen molar-refractivity contribution in [2.75, 3.05) is 59.6 Å². The van der Waals surface area contributed by atoms with E-state index in [9.17, 15) is 9.59 Å². The maximum Gasteiger partial charge on any atom is 0.236 e. The van der Waals surface area contributed by atoms with Gasteiger partial charge in [-0.1, -0.05) is 6.07 Å². The lowest BCUT2D eigenvalue weighted by Gasteiger charge is -2.37. The molecule has 2 saturated heterocycles. The second-order valence-electron chi connectivity index (χ2n) is 8.69. The van der Waals surface area contributed by atoms with Crippen LogP contribution in [-0.2, 0) is 20.9 Å². The molecule has 170 valence electrons. The highest BCUT2D eigenvalue weighted by molar-refractivity contribution is 5.82. The van der Waals surface area contributed by atoms with E-state index in [4.69, 9.17) is 14.2 Å². The third kappa shape index (κ3) is 5.30. The molecular formula is C23H33N3O5. The average Bonchev–Trinajstić information content (AvgIpc) is 2.95. The Kier molecular flexibility index (Phi) is 6.97. The zero-order valence-corrected chi connectivity index (χ0v) is 18.5. The molecule has 3 heterocycles. The van der Waals surface area contributed by atoms with E-state index in [1.807, 2.05) is 34.9 Å². The molecule has 1 aromatic carbocycles. The largest absolute Gasteiger partial charge is 0.497 e. The van der Waals surface area contributed by atoms with Gasteiger partial charge < -0.3 is 24.0 Å². The topological polar surface area (TPSA) is 71.6 Å². The molecule has 4 rings (SSSR count). The summed E-state index contributed by atoms with van der Waals surface area (Å²) >= 11 is 0. The minimum atomic E-state index is -0.101. The van der Waals surface area contributed by atoms with E-state index in [1.54, 1.807) is 7.11 Å². The van der Waals surface area contributed by atoms with Gasteiger partial charge in [-0.25, -0.2) is 0 Å². The molecule has 0 aromatic heterocycles. The first-order valence-corrected chi connectivity index (χ1v) is 11.2. The summed E-state index contributed by atoms with van der Waals surface area (Å²) in [6, 6.07) is 5.83. The van der Waals surface area contributed by atoms with Gasteiger partial charge in [-0.15, -0.1) is 0 Å². The summed E-state index contributed by atoms with van der Waals surface area (Å²) in [7, 11) is 1.64. The number of rotatable bonds is 4. The number of likely N-dealkylation sites (tertiary alicyclic amines) is 1. The van der Waals surface area contributed by atoms with E-state index < -0.39 is 0 Å². The molecule has 2 amide bonds. The van der Waals surface area contributed by atoms with Crippen molar-refractivity contribution in [3.8, 4) is 11.5 Å². The molecule has 0 saturated carbocycles. The molecule has 1 aromatic rings. The highest BCUT2D eigenvalue weighted by Gasteiger charge is 2.33. The van der Waals surface area contributed by atoms with Gasteiger partial charge in [-0.3, -0.25) is 14.5 Å². The molecule has 3 aliphatic rings. The molecule has 8 nitrogen and oxygen atoms in total. The van der Waals surface area contributed by atoms with Crippen LogP contribution < -0.4 is 9.47 Å². The summed E-state index contributed by atoms with van der Waals surface area (Å²) in [6.45, 7) is 7.42. The summed E-state index contributed by atoms with van der Waals surface area (Å²) in [5, 5.41) is 0. The minimum absolute atomic E-state index is 0.0295. The molecule has 2 atom stereocenters. The zero-order valence-electron chi connectivity index (χ0n) is 18.5. The predicted molar refractivity (Wildman–Crippen MR) is 115 cm³/mol. The standard InChI is InChI=1S/C23H33N3O5/c1-17-13-24(14-18-5-6-20(29-2)12-21(18)31-17)16-22(27)26-7-3-4-19(15-26)23(28)25-8-10-30-11-9-25/h5-6,12,17,19H,3-4,7-11,13-16H2,1-2H3/t17-,19-/m1/s1. The number of piperidine rings is 1. The number of hydrogen-bond acceptors (Lipinski definition) is 6. The predicted octanol–water partition coefficient (Wildman–Crippen LogP) is 1.38. The van der Waals surface area contributed by atoms with E-state index in [0.717, 1.165) is 36.4 Å². The number of nitrogens with zero attached hydrogens (tertiary/aromatic N) is 3.